The Morgan fingerprint density at radius 3 is 1.11 bits per heavy atom. The first kappa shape index (κ1) is 25.7. The van der Waals surface area contributed by atoms with Gasteiger partial charge >= 0.3 is 0 Å². The van der Waals surface area contributed by atoms with E-state index in [4.69, 9.17) is 10.5 Å². The lowest BCUT2D eigenvalue weighted by Crippen LogP contribution is -1.84. The van der Waals surface area contributed by atoms with Gasteiger partial charge in [0.15, 0.2) is 0 Å². The van der Waals surface area contributed by atoms with E-state index in [1.54, 1.807) is 6.08 Å². The third-order valence-corrected chi connectivity index (χ3v) is 5.35. The van der Waals surface area contributed by atoms with Crippen LogP contribution in [-0.2, 0) is 0 Å². The molecule has 154 valence electrons. The van der Waals surface area contributed by atoms with Gasteiger partial charge < -0.3 is 0 Å². The van der Waals surface area contributed by atoms with Crippen molar-refractivity contribution in [1.29, 1.82) is 10.5 Å². The van der Waals surface area contributed by atoms with Gasteiger partial charge in [-0.25, -0.2) is 0 Å². The summed E-state index contributed by atoms with van der Waals surface area (Å²) < 4.78 is 0. The Morgan fingerprint density at radius 1 is 0.444 bits per heavy atom. The monoisotopic (exact) mass is 372 g/mol. The van der Waals surface area contributed by atoms with Crippen LogP contribution in [0.1, 0.15) is 135 Å². The molecule has 0 atom stereocenters. The molecule has 0 radical (unpaired) electrons. The zero-order chi connectivity index (χ0) is 19.7. The molecule has 0 aromatic rings. The second kappa shape index (κ2) is 24.7. The zero-order valence-electron chi connectivity index (χ0n) is 17.9. The number of nitriles is 2. The quantitative estimate of drug-likeness (QED) is 0.149. The fraction of sp³-hybridized carbons (Fsp3) is 0.840. The number of allylic oxidation sites excluding steroid dienone is 2. The molecule has 2 heteroatoms. The first-order valence-electron chi connectivity index (χ1n) is 11.8. The van der Waals surface area contributed by atoms with Gasteiger partial charge in [0, 0.05) is 12.5 Å². The summed E-state index contributed by atoms with van der Waals surface area (Å²) in [5, 5.41) is 16.9. The lowest BCUT2D eigenvalue weighted by atomic mass is 10.0. The van der Waals surface area contributed by atoms with Crippen molar-refractivity contribution in [2.75, 3.05) is 0 Å². The van der Waals surface area contributed by atoms with Crippen LogP contribution in [0.5, 0.6) is 0 Å². The standard InChI is InChI=1S/C25H44N2/c26-24-22-20-18-16-14-12-10-8-6-4-2-1-3-5-7-9-11-13-15-17-19-21-23-25-27/h20,22H,1-19,21,23H2. The molecule has 0 aliphatic heterocycles. The summed E-state index contributed by atoms with van der Waals surface area (Å²) >= 11 is 0. The maximum absolute atomic E-state index is 8.48. The Hall–Kier alpha value is -1.28. The molecule has 0 aromatic heterocycles. The van der Waals surface area contributed by atoms with E-state index in [9.17, 15) is 0 Å². The highest BCUT2D eigenvalue weighted by Gasteiger charge is 1.95. The molecule has 0 N–H and O–H groups in total. The van der Waals surface area contributed by atoms with Crippen molar-refractivity contribution in [1.82, 2.24) is 0 Å². The predicted octanol–water partition coefficient (Wildman–Crippen LogP) is 8.78. The number of rotatable bonds is 21. The Bertz CT molecular complexity index is 386. The van der Waals surface area contributed by atoms with Crippen LogP contribution in [0.2, 0.25) is 0 Å². The molecule has 0 saturated carbocycles. The predicted molar refractivity (Wildman–Crippen MR) is 117 cm³/mol. The largest absolute Gasteiger partial charge is 0.198 e. The van der Waals surface area contributed by atoms with Crippen molar-refractivity contribution in [3.05, 3.63) is 12.2 Å². The van der Waals surface area contributed by atoms with Crippen molar-refractivity contribution < 1.29 is 0 Å². The molecular weight excluding hydrogens is 328 g/mol. The van der Waals surface area contributed by atoms with Crippen LogP contribution in [0, 0.1) is 22.7 Å². The maximum Gasteiger partial charge on any atom is 0.0908 e. The summed E-state index contributed by atoms with van der Waals surface area (Å²) in [4.78, 5) is 0. The van der Waals surface area contributed by atoms with E-state index in [-0.39, 0.29) is 0 Å². The highest BCUT2D eigenvalue weighted by molar-refractivity contribution is 5.01. The normalized spacial score (nSPS) is 10.9. The minimum absolute atomic E-state index is 0.739. The van der Waals surface area contributed by atoms with Crippen molar-refractivity contribution in [3.8, 4) is 12.1 Å². The lowest BCUT2D eigenvalue weighted by molar-refractivity contribution is 0.523. The summed E-state index contributed by atoms with van der Waals surface area (Å²) in [7, 11) is 0. The molecule has 27 heavy (non-hydrogen) atoms. The molecule has 0 aliphatic rings. The molecule has 0 rings (SSSR count). The molecular formula is C25H44N2. The second-order valence-corrected chi connectivity index (χ2v) is 7.95. The molecule has 0 fully saturated rings. The number of unbranched alkanes of at least 4 members (excludes halogenated alkanes) is 20. The van der Waals surface area contributed by atoms with Gasteiger partial charge in [-0.1, -0.05) is 115 Å². The minimum Gasteiger partial charge on any atom is -0.198 e. The van der Waals surface area contributed by atoms with Crippen molar-refractivity contribution in [2.24, 2.45) is 0 Å². The summed E-state index contributed by atoms with van der Waals surface area (Å²) in [6.07, 6.45) is 31.4. The van der Waals surface area contributed by atoms with Gasteiger partial charge in [-0.05, 0) is 19.3 Å². The first-order valence-corrected chi connectivity index (χ1v) is 11.8. The van der Waals surface area contributed by atoms with E-state index in [2.05, 4.69) is 6.07 Å². The molecule has 0 aromatic carbocycles. The summed E-state index contributed by atoms with van der Waals surface area (Å²) in [6.45, 7) is 0. The van der Waals surface area contributed by atoms with E-state index in [0.29, 0.717) is 0 Å². The summed E-state index contributed by atoms with van der Waals surface area (Å²) in [5.74, 6) is 0. The maximum atomic E-state index is 8.48. The highest BCUT2D eigenvalue weighted by atomic mass is 14.2. The van der Waals surface area contributed by atoms with Crippen molar-refractivity contribution in [3.63, 3.8) is 0 Å². The molecule has 0 aliphatic carbocycles. The molecule has 2 nitrogen and oxygen atoms in total. The molecule has 0 bridgehead atoms. The molecule has 0 spiro atoms. The van der Waals surface area contributed by atoms with Crippen LogP contribution in [0.25, 0.3) is 0 Å². The fourth-order valence-corrected chi connectivity index (χ4v) is 3.61. The summed E-state index contributed by atoms with van der Waals surface area (Å²) in [6, 6.07) is 4.27. The van der Waals surface area contributed by atoms with E-state index in [1.807, 2.05) is 12.1 Å². The number of hydrogen-bond acceptors (Lipinski definition) is 2. The van der Waals surface area contributed by atoms with Gasteiger partial charge in [0.25, 0.3) is 0 Å². The highest BCUT2D eigenvalue weighted by Crippen LogP contribution is 2.15. The van der Waals surface area contributed by atoms with E-state index in [1.165, 1.54) is 116 Å². The van der Waals surface area contributed by atoms with Gasteiger partial charge in [0.1, 0.15) is 0 Å². The third kappa shape index (κ3) is 24.7. The second-order valence-electron chi connectivity index (χ2n) is 7.95. The Balaban J connectivity index is 3.00. The van der Waals surface area contributed by atoms with Gasteiger partial charge in [-0.3, -0.25) is 0 Å². The fourth-order valence-electron chi connectivity index (χ4n) is 3.61. The van der Waals surface area contributed by atoms with Crippen LogP contribution >= 0.6 is 0 Å². The Labute approximate surface area is 170 Å². The van der Waals surface area contributed by atoms with Crippen LogP contribution < -0.4 is 0 Å². The molecule has 0 saturated heterocycles. The third-order valence-electron chi connectivity index (χ3n) is 5.35. The molecule has 0 unspecified atom stereocenters. The minimum atomic E-state index is 0.739. The zero-order valence-corrected chi connectivity index (χ0v) is 17.9. The molecule has 0 amide bonds. The van der Waals surface area contributed by atoms with Crippen LogP contribution in [0.4, 0.5) is 0 Å². The van der Waals surface area contributed by atoms with Crippen molar-refractivity contribution >= 4 is 0 Å². The van der Waals surface area contributed by atoms with Crippen LogP contribution in [-0.4, -0.2) is 0 Å². The summed E-state index contributed by atoms with van der Waals surface area (Å²) in [5.41, 5.74) is 0. The van der Waals surface area contributed by atoms with Gasteiger partial charge in [-0.2, -0.15) is 10.5 Å². The molecule has 0 heterocycles. The smallest absolute Gasteiger partial charge is 0.0908 e. The Morgan fingerprint density at radius 2 is 0.778 bits per heavy atom. The van der Waals surface area contributed by atoms with E-state index >= 15 is 0 Å². The van der Waals surface area contributed by atoms with Crippen LogP contribution in [0.15, 0.2) is 12.2 Å². The SMILES string of the molecule is N#CC=CCCCCCCCCCCCCCCCCCCCCCC#N. The van der Waals surface area contributed by atoms with E-state index < -0.39 is 0 Å². The average Bonchev–Trinajstić information content (AvgIpc) is 2.68. The Kier molecular flexibility index (Phi) is 23.5. The van der Waals surface area contributed by atoms with Crippen molar-refractivity contribution in [2.45, 2.75) is 135 Å². The number of hydrogen-bond donors (Lipinski definition) is 0. The number of nitrogens with zero attached hydrogens (tertiary/aromatic N) is 2. The lowest BCUT2D eigenvalue weighted by Gasteiger charge is -2.04. The average molecular weight is 373 g/mol. The van der Waals surface area contributed by atoms with Gasteiger partial charge in [0.05, 0.1) is 12.1 Å². The van der Waals surface area contributed by atoms with Crippen LogP contribution in [0.3, 0.4) is 0 Å². The topological polar surface area (TPSA) is 47.6 Å². The first-order chi connectivity index (χ1) is 13.4. The van der Waals surface area contributed by atoms with E-state index in [0.717, 1.165) is 19.3 Å². The van der Waals surface area contributed by atoms with Gasteiger partial charge in [0.2, 0.25) is 0 Å². The van der Waals surface area contributed by atoms with Gasteiger partial charge in [-0.15, -0.1) is 0 Å².